The molecule has 0 spiro atoms. The van der Waals surface area contributed by atoms with Crippen LogP contribution in [0.25, 0.3) is 0 Å². The number of hydrogen-bond donors (Lipinski definition) is 3. The molecule has 6 heteroatoms. The van der Waals surface area contributed by atoms with Crippen LogP contribution >= 0.6 is 0 Å². The zero-order valence-corrected chi connectivity index (χ0v) is 12.4. The predicted molar refractivity (Wildman–Crippen MR) is 81.9 cm³/mol. The third-order valence-corrected chi connectivity index (χ3v) is 3.67. The van der Waals surface area contributed by atoms with Crippen LogP contribution in [-0.4, -0.2) is 40.3 Å². The third-order valence-electron chi connectivity index (χ3n) is 3.67. The molecule has 20 heavy (non-hydrogen) atoms. The minimum atomic E-state index is -0.573. The third kappa shape index (κ3) is 3.96. The molecule has 0 radical (unpaired) electrons. The number of hydrogen-bond acceptors (Lipinski definition) is 6. The van der Waals surface area contributed by atoms with Gasteiger partial charge in [0, 0.05) is 25.7 Å². The second-order valence-corrected chi connectivity index (χ2v) is 5.73. The number of aromatic nitrogens is 2. The summed E-state index contributed by atoms with van der Waals surface area (Å²) in [5, 5.41) is 13.4. The Balaban J connectivity index is 2.13. The van der Waals surface area contributed by atoms with Gasteiger partial charge in [-0.25, -0.2) is 0 Å². The van der Waals surface area contributed by atoms with Crippen molar-refractivity contribution in [3.63, 3.8) is 0 Å². The zero-order valence-electron chi connectivity index (χ0n) is 12.4. The van der Waals surface area contributed by atoms with E-state index in [9.17, 15) is 5.11 Å². The quantitative estimate of drug-likeness (QED) is 0.776. The van der Waals surface area contributed by atoms with E-state index in [4.69, 9.17) is 5.73 Å². The van der Waals surface area contributed by atoms with Crippen molar-refractivity contribution in [2.75, 3.05) is 35.6 Å². The standard InChI is InChI=1S/C14H25N5O/c1-3-7-16-11-10-12(18-13(15)17-11)19-8-4-5-14(2,20)6-9-19/h10,20H,3-9H2,1-2H3,(H3,15,16,17,18). The Morgan fingerprint density at radius 2 is 2.20 bits per heavy atom. The molecule has 0 amide bonds. The van der Waals surface area contributed by atoms with Crippen molar-refractivity contribution in [2.24, 2.45) is 0 Å². The number of rotatable bonds is 4. The molecule has 0 bridgehead atoms. The lowest BCUT2D eigenvalue weighted by Gasteiger charge is -2.23. The Morgan fingerprint density at radius 1 is 1.40 bits per heavy atom. The minimum absolute atomic E-state index is 0.289. The van der Waals surface area contributed by atoms with Gasteiger partial charge in [-0.1, -0.05) is 6.92 Å². The molecule has 1 aromatic heterocycles. The molecule has 1 atom stereocenters. The molecule has 6 nitrogen and oxygen atoms in total. The van der Waals surface area contributed by atoms with Crippen LogP contribution in [0.3, 0.4) is 0 Å². The van der Waals surface area contributed by atoms with E-state index in [1.54, 1.807) is 0 Å². The Morgan fingerprint density at radius 3 is 2.95 bits per heavy atom. The fraction of sp³-hybridized carbons (Fsp3) is 0.714. The Labute approximate surface area is 120 Å². The van der Waals surface area contributed by atoms with Gasteiger partial charge in [0.15, 0.2) is 0 Å². The number of nitrogen functional groups attached to an aromatic ring is 1. The maximum Gasteiger partial charge on any atom is 0.223 e. The first kappa shape index (κ1) is 14.8. The van der Waals surface area contributed by atoms with Gasteiger partial charge in [-0.05, 0) is 32.6 Å². The van der Waals surface area contributed by atoms with Crippen LogP contribution in [0.1, 0.15) is 39.5 Å². The van der Waals surface area contributed by atoms with Gasteiger partial charge >= 0.3 is 0 Å². The molecule has 1 unspecified atom stereocenters. The van der Waals surface area contributed by atoms with E-state index in [0.717, 1.165) is 57.0 Å². The van der Waals surface area contributed by atoms with Crippen molar-refractivity contribution in [2.45, 2.75) is 45.1 Å². The maximum atomic E-state index is 10.1. The molecule has 0 aromatic carbocycles. The van der Waals surface area contributed by atoms with Gasteiger partial charge < -0.3 is 21.1 Å². The van der Waals surface area contributed by atoms with Crippen molar-refractivity contribution in [1.82, 2.24) is 9.97 Å². The molecule has 2 heterocycles. The highest BCUT2D eigenvalue weighted by Gasteiger charge is 2.25. The molecule has 0 aliphatic carbocycles. The lowest BCUT2D eigenvalue weighted by Crippen LogP contribution is -2.29. The first-order valence-corrected chi connectivity index (χ1v) is 7.36. The Kier molecular flexibility index (Phi) is 4.65. The molecular weight excluding hydrogens is 254 g/mol. The van der Waals surface area contributed by atoms with E-state index in [-0.39, 0.29) is 5.95 Å². The molecule has 1 saturated heterocycles. The second-order valence-electron chi connectivity index (χ2n) is 5.73. The fourth-order valence-corrected chi connectivity index (χ4v) is 2.45. The number of nitrogens with one attached hydrogen (secondary N) is 1. The van der Waals surface area contributed by atoms with Crippen molar-refractivity contribution in [1.29, 1.82) is 0 Å². The lowest BCUT2D eigenvalue weighted by atomic mass is 9.98. The topological polar surface area (TPSA) is 87.3 Å². The first-order valence-electron chi connectivity index (χ1n) is 7.36. The van der Waals surface area contributed by atoms with Crippen LogP contribution in [0.5, 0.6) is 0 Å². The normalized spacial score (nSPS) is 23.4. The number of nitrogens with zero attached hydrogens (tertiary/aromatic N) is 3. The maximum absolute atomic E-state index is 10.1. The van der Waals surface area contributed by atoms with Gasteiger partial charge in [0.1, 0.15) is 11.6 Å². The predicted octanol–water partition coefficient (Wildman–Crippen LogP) is 1.62. The second kappa shape index (κ2) is 6.26. The highest BCUT2D eigenvalue weighted by atomic mass is 16.3. The lowest BCUT2D eigenvalue weighted by molar-refractivity contribution is 0.0481. The molecule has 1 fully saturated rings. The summed E-state index contributed by atoms with van der Waals surface area (Å²) in [5.74, 6) is 1.90. The molecule has 1 aliphatic rings. The number of nitrogens with two attached hydrogens (primary N) is 1. The highest BCUT2D eigenvalue weighted by Crippen LogP contribution is 2.25. The average Bonchev–Trinajstić information content (AvgIpc) is 2.57. The van der Waals surface area contributed by atoms with Crippen molar-refractivity contribution in [3.8, 4) is 0 Å². The van der Waals surface area contributed by atoms with Gasteiger partial charge in [-0.2, -0.15) is 9.97 Å². The molecule has 112 valence electrons. The Hall–Kier alpha value is -1.56. The van der Waals surface area contributed by atoms with Crippen molar-refractivity contribution < 1.29 is 5.11 Å². The minimum Gasteiger partial charge on any atom is -0.390 e. The van der Waals surface area contributed by atoms with Crippen LogP contribution in [-0.2, 0) is 0 Å². The van der Waals surface area contributed by atoms with Crippen LogP contribution < -0.4 is 16.0 Å². The zero-order chi connectivity index (χ0) is 14.6. The highest BCUT2D eigenvalue weighted by molar-refractivity contribution is 5.52. The molecule has 1 aliphatic heterocycles. The smallest absolute Gasteiger partial charge is 0.223 e. The van der Waals surface area contributed by atoms with E-state index < -0.39 is 5.60 Å². The Bertz CT molecular complexity index is 449. The summed E-state index contributed by atoms with van der Waals surface area (Å²) in [6.07, 6.45) is 3.56. The molecule has 4 N–H and O–H groups in total. The summed E-state index contributed by atoms with van der Waals surface area (Å²) < 4.78 is 0. The summed E-state index contributed by atoms with van der Waals surface area (Å²) in [4.78, 5) is 10.7. The van der Waals surface area contributed by atoms with Gasteiger partial charge in [-0.3, -0.25) is 0 Å². The van der Waals surface area contributed by atoms with E-state index in [1.807, 2.05) is 13.0 Å². The fourth-order valence-electron chi connectivity index (χ4n) is 2.45. The van der Waals surface area contributed by atoms with Gasteiger partial charge in [0.25, 0.3) is 0 Å². The monoisotopic (exact) mass is 279 g/mol. The van der Waals surface area contributed by atoms with E-state index in [2.05, 4.69) is 27.1 Å². The van der Waals surface area contributed by atoms with Crippen LogP contribution in [0.2, 0.25) is 0 Å². The van der Waals surface area contributed by atoms with Crippen molar-refractivity contribution >= 4 is 17.6 Å². The molecule has 1 aromatic rings. The summed E-state index contributed by atoms with van der Waals surface area (Å²) in [6.45, 7) is 6.55. The number of aliphatic hydroxyl groups is 1. The summed E-state index contributed by atoms with van der Waals surface area (Å²) >= 11 is 0. The molecular formula is C14H25N5O. The first-order chi connectivity index (χ1) is 9.50. The van der Waals surface area contributed by atoms with Crippen LogP contribution in [0.15, 0.2) is 6.07 Å². The van der Waals surface area contributed by atoms with Gasteiger partial charge in [0.05, 0.1) is 5.60 Å². The number of anilines is 3. The van der Waals surface area contributed by atoms with Gasteiger partial charge in [0.2, 0.25) is 5.95 Å². The molecule has 2 rings (SSSR count). The SMILES string of the molecule is CCCNc1cc(N2CCCC(C)(O)CC2)nc(N)n1. The van der Waals surface area contributed by atoms with E-state index in [0.29, 0.717) is 0 Å². The summed E-state index contributed by atoms with van der Waals surface area (Å²) in [7, 11) is 0. The largest absolute Gasteiger partial charge is 0.390 e. The van der Waals surface area contributed by atoms with E-state index >= 15 is 0 Å². The van der Waals surface area contributed by atoms with Crippen LogP contribution in [0, 0.1) is 0 Å². The summed E-state index contributed by atoms with van der Waals surface area (Å²) in [5.41, 5.74) is 5.22. The van der Waals surface area contributed by atoms with Gasteiger partial charge in [-0.15, -0.1) is 0 Å². The summed E-state index contributed by atoms with van der Waals surface area (Å²) in [6, 6.07) is 1.94. The van der Waals surface area contributed by atoms with Crippen molar-refractivity contribution in [3.05, 3.63) is 6.07 Å². The average molecular weight is 279 g/mol. The van der Waals surface area contributed by atoms with Crippen LogP contribution in [0.4, 0.5) is 17.6 Å². The molecule has 0 saturated carbocycles. The van der Waals surface area contributed by atoms with E-state index in [1.165, 1.54) is 0 Å².